The van der Waals surface area contributed by atoms with E-state index in [9.17, 15) is 9.59 Å². The van der Waals surface area contributed by atoms with E-state index < -0.39 is 17.5 Å². The second-order valence-electron chi connectivity index (χ2n) is 4.06. The van der Waals surface area contributed by atoms with Crippen molar-refractivity contribution < 1.29 is 19.1 Å². The summed E-state index contributed by atoms with van der Waals surface area (Å²) in [7, 11) is 0. The third kappa shape index (κ3) is 1.58. The summed E-state index contributed by atoms with van der Waals surface area (Å²) >= 11 is 0. The van der Waals surface area contributed by atoms with E-state index in [2.05, 4.69) is 6.58 Å². The molecule has 2 unspecified atom stereocenters. The van der Waals surface area contributed by atoms with Gasteiger partial charge in [-0.15, -0.1) is 0 Å². The van der Waals surface area contributed by atoms with Crippen LogP contribution < -0.4 is 5.73 Å². The predicted molar refractivity (Wildman–Crippen MR) is 54.7 cm³/mol. The van der Waals surface area contributed by atoms with Gasteiger partial charge in [-0.25, -0.2) is 4.79 Å². The first-order valence-electron chi connectivity index (χ1n) is 5.09. The molecular formula is C11H13NO4. The van der Waals surface area contributed by atoms with E-state index in [1.807, 2.05) is 0 Å². The number of esters is 1. The predicted octanol–water partition coefficient (Wildman–Crippen LogP) is 0.611. The highest BCUT2D eigenvalue weighted by atomic mass is 16.6. The summed E-state index contributed by atoms with van der Waals surface area (Å²) < 4.78 is 10.2. The number of nitrogens with two attached hydrogens (primary N) is 1. The standard InChI is InChI=1S/C11H13NO4/c1-2-9(13)15-6-8-7-3-4-11(5-7,16-8)10(12)14/h2,6-7H,1,3-5H2,(H2,12,14). The van der Waals surface area contributed by atoms with Crippen molar-refractivity contribution in [3.63, 3.8) is 0 Å². The van der Waals surface area contributed by atoms with Gasteiger partial charge in [-0.2, -0.15) is 0 Å². The van der Waals surface area contributed by atoms with E-state index in [4.69, 9.17) is 15.2 Å². The summed E-state index contributed by atoms with van der Waals surface area (Å²) in [5.41, 5.74) is 4.42. The third-order valence-corrected chi connectivity index (χ3v) is 3.10. The summed E-state index contributed by atoms with van der Waals surface area (Å²) in [6.45, 7) is 3.28. The van der Waals surface area contributed by atoms with Gasteiger partial charge in [0.2, 0.25) is 0 Å². The minimum absolute atomic E-state index is 0.130. The van der Waals surface area contributed by atoms with Crippen LogP contribution in [0.3, 0.4) is 0 Å². The molecule has 0 spiro atoms. The molecule has 1 amide bonds. The van der Waals surface area contributed by atoms with Crippen molar-refractivity contribution in [3.8, 4) is 0 Å². The van der Waals surface area contributed by atoms with Crippen LogP contribution in [0, 0.1) is 5.92 Å². The fraction of sp³-hybridized carbons (Fsp3) is 0.455. The van der Waals surface area contributed by atoms with Crippen molar-refractivity contribution in [1.82, 2.24) is 0 Å². The Hall–Kier alpha value is -1.78. The van der Waals surface area contributed by atoms with Gasteiger partial charge in [0.05, 0.1) is 0 Å². The number of carbonyl (C=O) groups is 2. The molecule has 5 nitrogen and oxygen atoms in total. The van der Waals surface area contributed by atoms with Gasteiger partial charge in [-0.05, 0) is 12.8 Å². The van der Waals surface area contributed by atoms with Crippen molar-refractivity contribution in [3.05, 3.63) is 24.7 Å². The molecule has 2 atom stereocenters. The SMILES string of the molecule is C=CC(=O)OC=C1OC2(C(N)=O)CCC1C2. The monoisotopic (exact) mass is 223 g/mol. The van der Waals surface area contributed by atoms with Crippen LogP contribution >= 0.6 is 0 Å². The number of fused-ring (bicyclic) bond motifs is 2. The van der Waals surface area contributed by atoms with Gasteiger partial charge >= 0.3 is 5.97 Å². The molecule has 1 aliphatic heterocycles. The van der Waals surface area contributed by atoms with Crippen molar-refractivity contribution in [1.29, 1.82) is 0 Å². The lowest BCUT2D eigenvalue weighted by molar-refractivity contribution is -0.136. The van der Waals surface area contributed by atoms with Gasteiger partial charge in [-0.1, -0.05) is 6.58 Å². The number of hydrogen-bond donors (Lipinski definition) is 1. The molecule has 5 heteroatoms. The molecule has 1 saturated carbocycles. The van der Waals surface area contributed by atoms with Gasteiger partial charge in [0.25, 0.3) is 5.91 Å². The highest BCUT2D eigenvalue weighted by Gasteiger charge is 2.54. The van der Waals surface area contributed by atoms with E-state index >= 15 is 0 Å². The first kappa shape index (κ1) is 10.7. The summed E-state index contributed by atoms with van der Waals surface area (Å²) in [4.78, 5) is 22.1. The van der Waals surface area contributed by atoms with Crippen molar-refractivity contribution >= 4 is 11.9 Å². The third-order valence-electron chi connectivity index (χ3n) is 3.10. The Labute approximate surface area is 92.9 Å². The van der Waals surface area contributed by atoms with Crippen molar-refractivity contribution in [2.75, 3.05) is 0 Å². The Morgan fingerprint density at radius 1 is 1.62 bits per heavy atom. The molecule has 2 bridgehead atoms. The molecule has 0 radical (unpaired) electrons. The zero-order valence-corrected chi connectivity index (χ0v) is 8.77. The minimum atomic E-state index is -0.878. The molecule has 2 fully saturated rings. The maximum atomic E-state index is 11.3. The van der Waals surface area contributed by atoms with Crippen LogP contribution in [0.4, 0.5) is 0 Å². The number of carbonyl (C=O) groups excluding carboxylic acids is 2. The maximum Gasteiger partial charge on any atom is 0.335 e. The molecular weight excluding hydrogens is 210 g/mol. The molecule has 1 saturated heterocycles. The number of amides is 1. The van der Waals surface area contributed by atoms with Gasteiger partial charge in [0, 0.05) is 18.4 Å². The largest absolute Gasteiger partial charge is 0.478 e. The summed E-state index contributed by atoms with van der Waals surface area (Å²) in [6, 6.07) is 0. The molecule has 0 aromatic carbocycles. The summed E-state index contributed by atoms with van der Waals surface area (Å²) in [6.07, 6.45) is 4.37. The molecule has 2 rings (SSSR count). The van der Waals surface area contributed by atoms with E-state index in [1.165, 1.54) is 6.26 Å². The Kier molecular flexibility index (Phi) is 2.46. The second kappa shape index (κ2) is 3.66. The first-order chi connectivity index (χ1) is 7.57. The normalized spacial score (nSPS) is 33.5. The summed E-state index contributed by atoms with van der Waals surface area (Å²) in [5, 5.41) is 0. The van der Waals surface area contributed by atoms with Crippen molar-refractivity contribution in [2.24, 2.45) is 11.7 Å². The van der Waals surface area contributed by atoms with E-state index in [-0.39, 0.29) is 5.92 Å². The molecule has 0 aromatic rings. The van der Waals surface area contributed by atoms with Crippen LogP contribution in [-0.4, -0.2) is 17.5 Å². The quantitative estimate of drug-likeness (QED) is 0.432. The van der Waals surface area contributed by atoms with Crippen LogP contribution in [0.5, 0.6) is 0 Å². The summed E-state index contributed by atoms with van der Waals surface area (Å²) in [5.74, 6) is -0.342. The average Bonchev–Trinajstić information content (AvgIpc) is 2.84. The second-order valence-corrected chi connectivity index (χ2v) is 4.06. The number of primary amides is 1. The fourth-order valence-electron chi connectivity index (χ4n) is 2.21. The molecule has 2 aliphatic rings. The van der Waals surface area contributed by atoms with Crippen LogP contribution in [-0.2, 0) is 19.1 Å². The number of allylic oxidation sites excluding steroid dienone is 1. The molecule has 86 valence electrons. The van der Waals surface area contributed by atoms with Gasteiger partial charge in [-0.3, -0.25) is 4.79 Å². The lowest BCUT2D eigenvalue weighted by atomic mass is 10.0. The minimum Gasteiger partial charge on any atom is -0.478 e. The zero-order valence-electron chi connectivity index (χ0n) is 8.77. The fourth-order valence-corrected chi connectivity index (χ4v) is 2.21. The van der Waals surface area contributed by atoms with Crippen LogP contribution in [0.2, 0.25) is 0 Å². The smallest absolute Gasteiger partial charge is 0.335 e. The van der Waals surface area contributed by atoms with Crippen LogP contribution in [0.15, 0.2) is 24.7 Å². The number of ether oxygens (including phenoxy) is 2. The topological polar surface area (TPSA) is 78.6 Å². The zero-order chi connectivity index (χ0) is 11.8. The van der Waals surface area contributed by atoms with Gasteiger partial charge in [0.1, 0.15) is 12.0 Å². The van der Waals surface area contributed by atoms with Crippen LogP contribution in [0.25, 0.3) is 0 Å². The Morgan fingerprint density at radius 2 is 2.38 bits per heavy atom. The Morgan fingerprint density at radius 3 is 2.94 bits per heavy atom. The highest BCUT2D eigenvalue weighted by Crippen LogP contribution is 2.49. The maximum absolute atomic E-state index is 11.3. The Bertz CT molecular complexity index is 387. The lowest BCUT2D eigenvalue weighted by Gasteiger charge is -2.24. The molecule has 1 aliphatic carbocycles. The number of hydrogen-bond acceptors (Lipinski definition) is 4. The lowest BCUT2D eigenvalue weighted by Crippen LogP contribution is -2.41. The van der Waals surface area contributed by atoms with E-state index in [0.29, 0.717) is 18.6 Å². The molecule has 0 aromatic heterocycles. The Balaban J connectivity index is 2.09. The molecule has 1 heterocycles. The van der Waals surface area contributed by atoms with E-state index in [1.54, 1.807) is 0 Å². The van der Waals surface area contributed by atoms with Gasteiger partial charge < -0.3 is 15.2 Å². The average molecular weight is 223 g/mol. The van der Waals surface area contributed by atoms with E-state index in [0.717, 1.165) is 12.5 Å². The first-order valence-corrected chi connectivity index (χ1v) is 5.09. The molecule has 2 N–H and O–H groups in total. The number of rotatable bonds is 3. The van der Waals surface area contributed by atoms with Crippen LogP contribution in [0.1, 0.15) is 19.3 Å². The highest BCUT2D eigenvalue weighted by molar-refractivity contribution is 5.85. The van der Waals surface area contributed by atoms with Crippen molar-refractivity contribution in [2.45, 2.75) is 24.9 Å². The van der Waals surface area contributed by atoms with Gasteiger partial charge in [0.15, 0.2) is 5.60 Å². The molecule has 16 heavy (non-hydrogen) atoms.